The molecule has 8 heteroatoms. The third kappa shape index (κ3) is 5.27. The molecule has 140 valence electrons. The third-order valence-electron chi connectivity index (χ3n) is 4.29. The molecule has 1 aliphatic rings. The molecule has 1 aromatic heterocycles. The molecule has 1 amide bonds. The molecule has 0 radical (unpaired) electrons. The van der Waals surface area contributed by atoms with Crippen molar-refractivity contribution in [2.75, 3.05) is 39.4 Å². The number of ether oxygens (including phenoxy) is 2. The average Bonchev–Trinajstić information content (AvgIpc) is 3.16. The molecular weight excluding hydrogens is 334 g/mol. The Labute approximate surface area is 153 Å². The highest BCUT2D eigenvalue weighted by molar-refractivity contribution is 5.79. The lowest BCUT2D eigenvalue weighted by Crippen LogP contribution is -2.42. The number of nitrogens with zero attached hydrogens (tertiary/aromatic N) is 4. The van der Waals surface area contributed by atoms with Gasteiger partial charge in [-0.25, -0.2) is 4.68 Å². The Morgan fingerprint density at radius 3 is 2.85 bits per heavy atom. The molecule has 2 aromatic rings. The van der Waals surface area contributed by atoms with Crippen molar-refractivity contribution in [2.45, 2.75) is 19.6 Å². The summed E-state index contributed by atoms with van der Waals surface area (Å²) < 4.78 is 12.5. The Balaban J connectivity index is 1.42. The van der Waals surface area contributed by atoms with Crippen molar-refractivity contribution in [1.82, 2.24) is 25.2 Å². The maximum absolute atomic E-state index is 12.3. The Hall–Kier alpha value is -2.45. The normalized spacial score (nSPS) is 16.2. The van der Waals surface area contributed by atoms with E-state index in [9.17, 15) is 4.79 Å². The first-order chi connectivity index (χ1) is 12.7. The van der Waals surface area contributed by atoms with Crippen LogP contribution in [0.3, 0.4) is 0 Å². The molecule has 0 spiro atoms. The SMILES string of the molecule is CC(C(=O)NCCN1CCOCC1)n1cc(COc2ccccc2)nn1. The summed E-state index contributed by atoms with van der Waals surface area (Å²) in [5, 5.41) is 11.1. The standard InChI is InChI=1S/C18H25N5O3/c1-15(18(24)19-7-8-22-9-11-25-12-10-22)23-13-16(20-21-23)14-26-17-5-3-2-4-6-17/h2-6,13,15H,7-12,14H2,1H3,(H,19,24). The second kappa shape index (κ2) is 9.30. The van der Waals surface area contributed by atoms with Crippen LogP contribution < -0.4 is 10.1 Å². The summed E-state index contributed by atoms with van der Waals surface area (Å²) in [6.45, 7) is 6.92. The number of carbonyl (C=O) groups excluding carboxylic acids is 1. The van der Waals surface area contributed by atoms with E-state index in [-0.39, 0.29) is 5.91 Å². The molecule has 1 saturated heterocycles. The first kappa shape index (κ1) is 18.3. The monoisotopic (exact) mass is 359 g/mol. The average molecular weight is 359 g/mol. The zero-order chi connectivity index (χ0) is 18.2. The van der Waals surface area contributed by atoms with Gasteiger partial charge in [-0.15, -0.1) is 5.10 Å². The van der Waals surface area contributed by atoms with E-state index >= 15 is 0 Å². The summed E-state index contributed by atoms with van der Waals surface area (Å²) in [4.78, 5) is 14.6. The van der Waals surface area contributed by atoms with Gasteiger partial charge in [0.25, 0.3) is 0 Å². The van der Waals surface area contributed by atoms with Crippen molar-refractivity contribution in [2.24, 2.45) is 0 Å². The number of rotatable bonds is 8. The maximum Gasteiger partial charge on any atom is 0.244 e. The number of hydrogen-bond acceptors (Lipinski definition) is 6. The van der Waals surface area contributed by atoms with Crippen LogP contribution in [-0.2, 0) is 16.1 Å². The Morgan fingerprint density at radius 1 is 1.31 bits per heavy atom. The molecule has 2 heterocycles. The minimum atomic E-state index is -0.419. The van der Waals surface area contributed by atoms with Gasteiger partial charge in [-0.1, -0.05) is 23.4 Å². The lowest BCUT2D eigenvalue weighted by molar-refractivity contribution is -0.124. The van der Waals surface area contributed by atoms with E-state index in [1.165, 1.54) is 0 Å². The fourth-order valence-electron chi connectivity index (χ4n) is 2.67. The maximum atomic E-state index is 12.3. The molecule has 1 aromatic carbocycles. The molecule has 26 heavy (non-hydrogen) atoms. The van der Waals surface area contributed by atoms with E-state index in [1.807, 2.05) is 30.3 Å². The summed E-state index contributed by atoms with van der Waals surface area (Å²) in [6, 6.07) is 9.11. The van der Waals surface area contributed by atoms with Crippen molar-refractivity contribution in [3.8, 4) is 5.75 Å². The quantitative estimate of drug-likeness (QED) is 0.753. The van der Waals surface area contributed by atoms with Crippen LogP contribution in [-0.4, -0.2) is 65.2 Å². The predicted molar refractivity (Wildman–Crippen MR) is 95.8 cm³/mol. The van der Waals surface area contributed by atoms with E-state index in [2.05, 4.69) is 20.5 Å². The summed E-state index contributed by atoms with van der Waals surface area (Å²) in [6.07, 6.45) is 1.75. The van der Waals surface area contributed by atoms with Gasteiger partial charge >= 0.3 is 0 Å². The lowest BCUT2D eigenvalue weighted by Gasteiger charge is -2.26. The van der Waals surface area contributed by atoms with E-state index in [0.29, 0.717) is 18.8 Å². The fourth-order valence-corrected chi connectivity index (χ4v) is 2.67. The van der Waals surface area contributed by atoms with Crippen LogP contribution in [0.2, 0.25) is 0 Å². The van der Waals surface area contributed by atoms with Crippen molar-refractivity contribution in [3.63, 3.8) is 0 Å². The van der Waals surface area contributed by atoms with Crippen LogP contribution in [0.5, 0.6) is 5.75 Å². The Kier molecular flexibility index (Phi) is 6.56. The Bertz CT molecular complexity index is 685. The zero-order valence-corrected chi connectivity index (χ0v) is 15.0. The summed E-state index contributed by atoms with van der Waals surface area (Å²) in [5.74, 6) is 0.703. The highest BCUT2D eigenvalue weighted by Crippen LogP contribution is 2.11. The number of nitrogens with one attached hydrogen (secondary N) is 1. The first-order valence-corrected chi connectivity index (χ1v) is 8.89. The molecule has 0 saturated carbocycles. The van der Waals surface area contributed by atoms with Crippen LogP contribution in [0, 0.1) is 0 Å². The number of hydrogen-bond donors (Lipinski definition) is 1. The van der Waals surface area contributed by atoms with E-state index in [4.69, 9.17) is 9.47 Å². The number of aromatic nitrogens is 3. The van der Waals surface area contributed by atoms with Crippen LogP contribution in [0.25, 0.3) is 0 Å². The summed E-state index contributed by atoms with van der Waals surface area (Å²) >= 11 is 0. The van der Waals surface area contributed by atoms with E-state index in [0.717, 1.165) is 38.6 Å². The van der Waals surface area contributed by atoms with Gasteiger partial charge in [-0.3, -0.25) is 9.69 Å². The number of benzene rings is 1. The molecule has 0 aliphatic carbocycles. The number of amides is 1. The molecule has 1 atom stereocenters. The highest BCUT2D eigenvalue weighted by atomic mass is 16.5. The van der Waals surface area contributed by atoms with Gasteiger partial charge in [0.1, 0.15) is 24.1 Å². The molecule has 1 N–H and O–H groups in total. The fraction of sp³-hybridized carbons (Fsp3) is 0.500. The second-order valence-electron chi connectivity index (χ2n) is 6.21. The first-order valence-electron chi connectivity index (χ1n) is 8.89. The van der Waals surface area contributed by atoms with Gasteiger partial charge in [0.2, 0.25) is 5.91 Å². The molecule has 1 aliphatic heterocycles. The number of carbonyl (C=O) groups is 1. The van der Waals surface area contributed by atoms with Gasteiger partial charge in [-0.2, -0.15) is 0 Å². The van der Waals surface area contributed by atoms with Gasteiger partial charge in [0.05, 0.1) is 19.4 Å². The minimum absolute atomic E-state index is 0.0707. The zero-order valence-electron chi connectivity index (χ0n) is 15.0. The van der Waals surface area contributed by atoms with Crippen molar-refractivity contribution in [1.29, 1.82) is 0 Å². The van der Waals surface area contributed by atoms with Crippen molar-refractivity contribution < 1.29 is 14.3 Å². The minimum Gasteiger partial charge on any atom is -0.487 e. The van der Waals surface area contributed by atoms with E-state index < -0.39 is 6.04 Å². The van der Waals surface area contributed by atoms with Crippen LogP contribution in [0.1, 0.15) is 18.7 Å². The van der Waals surface area contributed by atoms with Gasteiger partial charge in [-0.05, 0) is 19.1 Å². The van der Waals surface area contributed by atoms with Crippen LogP contribution >= 0.6 is 0 Å². The second-order valence-corrected chi connectivity index (χ2v) is 6.21. The topological polar surface area (TPSA) is 81.5 Å². The molecule has 1 unspecified atom stereocenters. The number of morpholine rings is 1. The summed E-state index contributed by atoms with van der Waals surface area (Å²) in [5.41, 5.74) is 0.682. The Morgan fingerprint density at radius 2 is 2.08 bits per heavy atom. The molecule has 3 rings (SSSR count). The smallest absolute Gasteiger partial charge is 0.244 e. The number of para-hydroxylation sites is 1. The molecular formula is C18H25N5O3. The molecule has 1 fully saturated rings. The largest absolute Gasteiger partial charge is 0.487 e. The third-order valence-corrected chi connectivity index (χ3v) is 4.29. The van der Waals surface area contributed by atoms with Gasteiger partial charge < -0.3 is 14.8 Å². The van der Waals surface area contributed by atoms with Crippen molar-refractivity contribution >= 4 is 5.91 Å². The van der Waals surface area contributed by atoms with Crippen LogP contribution in [0.4, 0.5) is 0 Å². The summed E-state index contributed by atoms with van der Waals surface area (Å²) in [7, 11) is 0. The van der Waals surface area contributed by atoms with Crippen LogP contribution in [0.15, 0.2) is 36.5 Å². The van der Waals surface area contributed by atoms with Crippen molar-refractivity contribution in [3.05, 3.63) is 42.2 Å². The highest BCUT2D eigenvalue weighted by Gasteiger charge is 2.17. The van der Waals surface area contributed by atoms with Gasteiger partial charge in [0.15, 0.2) is 0 Å². The molecule has 0 bridgehead atoms. The molecule has 8 nitrogen and oxygen atoms in total. The van der Waals surface area contributed by atoms with E-state index in [1.54, 1.807) is 17.8 Å². The predicted octanol–water partition coefficient (Wildman–Crippen LogP) is 0.867. The van der Waals surface area contributed by atoms with Gasteiger partial charge in [0, 0.05) is 26.2 Å². The lowest BCUT2D eigenvalue weighted by atomic mass is 10.3.